The highest BCUT2D eigenvalue weighted by Gasteiger charge is 2.20. The highest BCUT2D eigenvalue weighted by Crippen LogP contribution is 2.37. The maximum Gasteiger partial charge on any atom is 0.0861 e. The first-order valence-electron chi connectivity index (χ1n) is 7.99. The Bertz CT molecular complexity index is 711. The molecule has 0 aliphatic heterocycles. The van der Waals surface area contributed by atoms with Crippen LogP contribution >= 0.6 is 0 Å². The topological polar surface area (TPSA) is 76.4 Å². The molecule has 2 rings (SSSR count). The van der Waals surface area contributed by atoms with Crippen molar-refractivity contribution in [3.05, 3.63) is 70.9 Å². The zero-order valence-electron chi connectivity index (χ0n) is 14.6. The first kappa shape index (κ1) is 17.6. The summed E-state index contributed by atoms with van der Waals surface area (Å²) in [5, 5.41) is 3.10. The van der Waals surface area contributed by atoms with Crippen molar-refractivity contribution in [3.8, 4) is 0 Å². The summed E-state index contributed by atoms with van der Waals surface area (Å²) in [6, 6.07) is 12.2. The van der Waals surface area contributed by atoms with Crippen molar-refractivity contribution in [1.82, 2.24) is 5.32 Å². The fourth-order valence-corrected chi connectivity index (χ4v) is 2.84. The normalized spacial score (nSPS) is 11.2. The summed E-state index contributed by atoms with van der Waals surface area (Å²) >= 11 is 0. The number of nitrogen functional groups attached to an aromatic ring is 2. The van der Waals surface area contributed by atoms with E-state index in [0.717, 1.165) is 28.2 Å². The van der Waals surface area contributed by atoms with Crippen LogP contribution in [0, 0.1) is 13.8 Å². The van der Waals surface area contributed by atoms with E-state index in [-0.39, 0.29) is 5.92 Å². The molecule has 126 valence electrons. The molecule has 4 heteroatoms. The van der Waals surface area contributed by atoms with E-state index in [9.17, 15) is 0 Å². The van der Waals surface area contributed by atoms with Gasteiger partial charge in [-0.2, -0.15) is 0 Å². The highest BCUT2D eigenvalue weighted by atomic mass is 14.9. The Kier molecular flexibility index (Phi) is 5.64. The van der Waals surface area contributed by atoms with E-state index in [1.807, 2.05) is 24.3 Å². The summed E-state index contributed by atoms with van der Waals surface area (Å²) in [4.78, 5) is 3.95. The van der Waals surface area contributed by atoms with Gasteiger partial charge in [-0.15, -0.1) is 0 Å². The third-order valence-electron chi connectivity index (χ3n) is 4.08. The monoisotopic (exact) mass is 322 g/mol. The summed E-state index contributed by atoms with van der Waals surface area (Å²) in [6.45, 7) is 8.23. The number of allylic oxidation sites excluding steroid dienone is 1. The molecule has 0 amide bonds. The first-order valence-corrected chi connectivity index (χ1v) is 7.99. The third-order valence-corrected chi connectivity index (χ3v) is 4.08. The fraction of sp³-hybridized carbons (Fsp3) is 0.250. The van der Waals surface area contributed by atoms with Gasteiger partial charge in [0, 0.05) is 30.0 Å². The molecule has 0 radical (unpaired) electrons. The number of nitrogens with two attached hydrogens (primary N) is 2. The second kappa shape index (κ2) is 7.68. The molecule has 0 fully saturated rings. The van der Waals surface area contributed by atoms with Gasteiger partial charge >= 0.3 is 0 Å². The zero-order chi connectivity index (χ0) is 17.7. The SMILES string of the molecule is C=C(CC(c1cc(C)ccc1N)c1cc(C)ccc1N)NC=NC. The van der Waals surface area contributed by atoms with Gasteiger partial charge in [0.15, 0.2) is 0 Å². The van der Waals surface area contributed by atoms with Gasteiger partial charge in [0.2, 0.25) is 0 Å². The Balaban J connectivity index is 2.50. The van der Waals surface area contributed by atoms with Crippen molar-refractivity contribution in [2.24, 2.45) is 4.99 Å². The van der Waals surface area contributed by atoms with E-state index in [1.54, 1.807) is 13.4 Å². The minimum absolute atomic E-state index is 0.0371. The summed E-state index contributed by atoms with van der Waals surface area (Å²) in [6.07, 6.45) is 2.33. The Morgan fingerprint density at radius 1 is 1.08 bits per heavy atom. The second-order valence-electron chi connectivity index (χ2n) is 6.16. The van der Waals surface area contributed by atoms with Crippen LogP contribution in [0.3, 0.4) is 0 Å². The van der Waals surface area contributed by atoms with E-state index in [1.165, 1.54) is 11.1 Å². The van der Waals surface area contributed by atoms with Crippen LogP contribution in [0.25, 0.3) is 0 Å². The summed E-state index contributed by atoms with van der Waals surface area (Å²) < 4.78 is 0. The van der Waals surface area contributed by atoms with Crippen LogP contribution in [0.1, 0.15) is 34.6 Å². The number of hydrogen-bond donors (Lipinski definition) is 3. The molecule has 0 aliphatic rings. The third kappa shape index (κ3) is 4.16. The molecule has 0 saturated heterocycles. The molecule has 0 aromatic heterocycles. The largest absolute Gasteiger partial charge is 0.398 e. The Hall–Kier alpha value is -2.75. The molecule has 4 nitrogen and oxygen atoms in total. The molecular weight excluding hydrogens is 296 g/mol. The zero-order valence-corrected chi connectivity index (χ0v) is 14.6. The molecule has 0 saturated carbocycles. The molecule has 0 heterocycles. The van der Waals surface area contributed by atoms with Crippen LogP contribution in [-0.4, -0.2) is 13.4 Å². The molecule has 0 unspecified atom stereocenters. The predicted octanol–water partition coefficient (Wildman–Crippen LogP) is 3.75. The van der Waals surface area contributed by atoms with E-state index >= 15 is 0 Å². The predicted molar refractivity (Wildman–Crippen MR) is 104 cm³/mol. The molecule has 0 spiro atoms. The lowest BCUT2D eigenvalue weighted by molar-refractivity contribution is 0.775. The quantitative estimate of drug-likeness (QED) is 0.430. The van der Waals surface area contributed by atoms with Gasteiger partial charge in [0.1, 0.15) is 0 Å². The van der Waals surface area contributed by atoms with Gasteiger partial charge in [-0.25, -0.2) is 0 Å². The van der Waals surface area contributed by atoms with Crippen LogP contribution in [-0.2, 0) is 0 Å². The molecule has 2 aromatic carbocycles. The molecule has 0 bridgehead atoms. The van der Waals surface area contributed by atoms with E-state index < -0.39 is 0 Å². The van der Waals surface area contributed by atoms with Crippen molar-refractivity contribution in [2.75, 3.05) is 18.5 Å². The number of nitrogens with zero attached hydrogens (tertiary/aromatic N) is 1. The second-order valence-corrected chi connectivity index (χ2v) is 6.16. The van der Waals surface area contributed by atoms with Gasteiger partial charge in [-0.05, 0) is 43.5 Å². The van der Waals surface area contributed by atoms with Gasteiger partial charge in [-0.1, -0.05) is 42.0 Å². The molecular formula is C20H26N4. The van der Waals surface area contributed by atoms with Crippen molar-refractivity contribution in [1.29, 1.82) is 0 Å². The maximum absolute atomic E-state index is 6.27. The standard InChI is InChI=1S/C20H26N4/c1-13-5-7-19(21)17(9-13)16(11-15(3)24-12-23-4)18-10-14(2)6-8-20(18)22/h5-10,12,16H,3,11,21-22H2,1-2,4H3,(H,23,24). The first-order chi connectivity index (χ1) is 11.4. The molecule has 0 atom stereocenters. The van der Waals surface area contributed by atoms with Crippen LogP contribution in [0.4, 0.5) is 11.4 Å². The Labute approximate surface area is 144 Å². The lowest BCUT2D eigenvalue weighted by atomic mass is 9.84. The number of nitrogens with one attached hydrogen (secondary N) is 1. The number of aryl methyl sites for hydroxylation is 2. The molecule has 5 N–H and O–H groups in total. The fourth-order valence-electron chi connectivity index (χ4n) is 2.84. The van der Waals surface area contributed by atoms with Gasteiger partial charge in [0.05, 0.1) is 6.34 Å². The number of hydrogen-bond acceptors (Lipinski definition) is 3. The van der Waals surface area contributed by atoms with E-state index in [4.69, 9.17) is 11.5 Å². The van der Waals surface area contributed by atoms with Crippen LogP contribution in [0.15, 0.2) is 53.7 Å². The number of rotatable bonds is 6. The summed E-state index contributed by atoms with van der Waals surface area (Å²) in [7, 11) is 1.72. The van der Waals surface area contributed by atoms with E-state index in [0.29, 0.717) is 6.42 Å². The smallest absolute Gasteiger partial charge is 0.0861 e. The van der Waals surface area contributed by atoms with Gasteiger partial charge in [0.25, 0.3) is 0 Å². The number of benzene rings is 2. The van der Waals surface area contributed by atoms with Crippen LogP contribution in [0.5, 0.6) is 0 Å². The average Bonchev–Trinajstić information content (AvgIpc) is 2.55. The van der Waals surface area contributed by atoms with Gasteiger partial charge < -0.3 is 16.8 Å². The Morgan fingerprint density at radius 3 is 2.04 bits per heavy atom. The van der Waals surface area contributed by atoms with Crippen LogP contribution < -0.4 is 16.8 Å². The minimum atomic E-state index is 0.0371. The molecule has 24 heavy (non-hydrogen) atoms. The van der Waals surface area contributed by atoms with Gasteiger partial charge in [-0.3, -0.25) is 4.99 Å². The lowest BCUT2D eigenvalue weighted by Crippen LogP contribution is -2.15. The van der Waals surface area contributed by atoms with E-state index in [2.05, 4.69) is 42.9 Å². The van der Waals surface area contributed by atoms with Crippen LogP contribution in [0.2, 0.25) is 0 Å². The lowest BCUT2D eigenvalue weighted by Gasteiger charge is -2.23. The minimum Gasteiger partial charge on any atom is -0.398 e. The van der Waals surface area contributed by atoms with Crippen molar-refractivity contribution in [3.63, 3.8) is 0 Å². The average molecular weight is 322 g/mol. The Morgan fingerprint density at radius 2 is 1.58 bits per heavy atom. The van der Waals surface area contributed by atoms with Crippen molar-refractivity contribution < 1.29 is 0 Å². The number of anilines is 2. The maximum atomic E-state index is 6.27. The summed E-state index contributed by atoms with van der Waals surface area (Å²) in [5.41, 5.74) is 19.4. The highest BCUT2D eigenvalue weighted by molar-refractivity contribution is 5.61. The summed E-state index contributed by atoms with van der Waals surface area (Å²) in [5.74, 6) is 0.0371. The van der Waals surface area contributed by atoms with Crippen molar-refractivity contribution >= 4 is 17.7 Å². The molecule has 0 aliphatic carbocycles. The molecule has 2 aromatic rings. The van der Waals surface area contributed by atoms with Crippen molar-refractivity contribution in [2.45, 2.75) is 26.2 Å². The number of aliphatic imine (C=N–C) groups is 1.